The van der Waals surface area contributed by atoms with E-state index < -0.39 is 18.0 Å². The molecule has 0 radical (unpaired) electrons. The van der Waals surface area contributed by atoms with Gasteiger partial charge in [-0.1, -0.05) is 30.7 Å². The van der Waals surface area contributed by atoms with Crippen LogP contribution in [0.3, 0.4) is 0 Å². The van der Waals surface area contributed by atoms with Gasteiger partial charge in [0.2, 0.25) is 0 Å². The summed E-state index contributed by atoms with van der Waals surface area (Å²) in [6, 6.07) is 2.16. The fourth-order valence-electron chi connectivity index (χ4n) is 1.55. The standard InChI is InChI=1S/C12H14ClF4N/c1-2-6-18-10(12(15,16)17)7-8-4-3-5-9(14)11(8)13/h3-5,10,18H,2,6-7H2,1H3. The first-order valence-electron chi connectivity index (χ1n) is 5.59. The number of hydrogen-bond donors (Lipinski definition) is 1. The molecule has 1 aromatic rings. The lowest BCUT2D eigenvalue weighted by molar-refractivity contribution is -0.155. The van der Waals surface area contributed by atoms with E-state index >= 15 is 0 Å². The van der Waals surface area contributed by atoms with Gasteiger partial charge >= 0.3 is 6.18 Å². The van der Waals surface area contributed by atoms with Crippen molar-refractivity contribution >= 4 is 11.6 Å². The third kappa shape index (κ3) is 4.14. The van der Waals surface area contributed by atoms with Crippen molar-refractivity contribution < 1.29 is 17.6 Å². The molecule has 1 unspecified atom stereocenters. The van der Waals surface area contributed by atoms with Crippen molar-refractivity contribution in [3.63, 3.8) is 0 Å². The molecule has 102 valence electrons. The molecule has 0 bridgehead atoms. The Morgan fingerprint density at radius 3 is 2.56 bits per heavy atom. The number of alkyl halides is 3. The maximum Gasteiger partial charge on any atom is 0.404 e. The first kappa shape index (κ1) is 15.2. The first-order valence-corrected chi connectivity index (χ1v) is 5.97. The summed E-state index contributed by atoms with van der Waals surface area (Å²) in [5.74, 6) is -0.703. The van der Waals surface area contributed by atoms with Gasteiger partial charge in [0.25, 0.3) is 0 Å². The van der Waals surface area contributed by atoms with E-state index in [-0.39, 0.29) is 23.6 Å². The molecule has 0 saturated heterocycles. The minimum atomic E-state index is -4.38. The van der Waals surface area contributed by atoms with Crippen molar-refractivity contribution in [2.75, 3.05) is 6.54 Å². The molecule has 1 rings (SSSR count). The molecule has 6 heteroatoms. The second kappa shape index (κ2) is 6.38. The summed E-state index contributed by atoms with van der Waals surface area (Å²) in [6.07, 6.45) is -4.17. The molecule has 1 atom stereocenters. The van der Waals surface area contributed by atoms with Crippen LogP contribution < -0.4 is 5.32 Å². The highest BCUT2D eigenvalue weighted by Gasteiger charge is 2.39. The van der Waals surface area contributed by atoms with Gasteiger partial charge in [0.1, 0.15) is 11.9 Å². The van der Waals surface area contributed by atoms with E-state index in [1.54, 1.807) is 6.92 Å². The quantitative estimate of drug-likeness (QED) is 0.807. The van der Waals surface area contributed by atoms with E-state index in [9.17, 15) is 17.6 Å². The molecule has 1 N–H and O–H groups in total. The third-order valence-corrected chi connectivity index (χ3v) is 2.91. The van der Waals surface area contributed by atoms with Gasteiger partial charge in [-0.25, -0.2) is 4.39 Å². The molecule has 0 saturated carbocycles. The van der Waals surface area contributed by atoms with Crippen LogP contribution in [0.4, 0.5) is 17.6 Å². The summed E-state index contributed by atoms with van der Waals surface area (Å²) in [5, 5.41) is 2.15. The molecular formula is C12H14ClF4N. The Hall–Kier alpha value is -0.810. The van der Waals surface area contributed by atoms with Crippen LogP contribution in [0.1, 0.15) is 18.9 Å². The van der Waals surface area contributed by atoms with Crippen LogP contribution in [0.25, 0.3) is 0 Å². The van der Waals surface area contributed by atoms with Crippen molar-refractivity contribution in [3.05, 3.63) is 34.6 Å². The van der Waals surface area contributed by atoms with Gasteiger partial charge in [0.05, 0.1) is 5.02 Å². The van der Waals surface area contributed by atoms with Gasteiger partial charge in [0.15, 0.2) is 0 Å². The Labute approximate surface area is 108 Å². The van der Waals surface area contributed by atoms with Crippen molar-refractivity contribution in [1.29, 1.82) is 0 Å². The molecule has 0 fully saturated rings. The second-order valence-electron chi connectivity index (χ2n) is 3.97. The van der Waals surface area contributed by atoms with Crippen LogP contribution in [-0.2, 0) is 6.42 Å². The zero-order chi connectivity index (χ0) is 13.8. The average Bonchev–Trinajstić information content (AvgIpc) is 2.28. The summed E-state index contributed by atoms with van der Waals surface area (Å²) < 4.78 is 51.4. The van der Waals surface area contributed by atoms with Crippen molar-refractivity contribution in [2.45, 2.75) is 32.0 Å². The van der Waals surface area contributed by atoms with Crippen LogP contribution in [0, 0.1) is 5.82 Å². The molecule has 0 aliphatic carbocycles. The number of rotatable bonds is 5. The smallest absolute Gasteiger partial charge is 0.306 e. The van der Waals surface area contributed by atoms with E-state index in [0.717, 1.165) is 6.07 Å². The lowest BCUT2D eigenvalue weighted by atomic mass is 10.1. The predicted octanol–water partition coefficient (Wildman–Crippen LogP) is 3.95. The zero-order valence-corrected chi connectivity index (χ0v) is 10.6. The van der Waals surface area contributed by atoms with E-state index in [1.807, 2.05) is 0 Å². The van der Waals surface area contributed by atoms with Crippen molar-refractivity contribution in [1.82, 2.24) is 5.32 Å². The van der Waals surface area contributed by atoms with Crippen LogP contribution >= 0.6 is 11.6 Å². The van der Waals surface area contributed by atoms with E-state index in [0.29, 0.717) is 6.42 Å². The topological polar surface area (TPSA) is 12.0 Å². The SMILES string of the molecule is CCCNC(Cc1cccc(F)c1Cl)C(F)(F)F. The normalized spacial score (nSPS) is 13.7. The van der Waals surface area contributed by atoms with Crippen LogP contribution in [-0.4, -0.2) is 18.8 Å². The molecule has 18 heavy (non-hydrogen) atoms. The number of halogens is 5. The minimum Gasteiger partial charge on any atom is -0.306 e. The molecule has 1 nitrogen and oxygen atoms in total. The highest BCUT2D eigenvalue weighted by atomic mass is 35.5. The summed E-state index contributed by atoms with van der Waals surface area (Å²) in [7, 11) is 0. The van der Waals surface area contributed by atoms with E-state index in [1.165, 1.54) is 12.1 Å². The van der Waals surface area contributed by atoms with E-state index in [4.69, 9.17) is 11.6 Å². The molecular weight excluding hydrogens is 270 g/mol. The third-order valence-electron chi connectivity index (χ3n) is 2.49. The van der Waals surface area contributed by atoms with Crippen LogP contribution in [0.15, 0.2) is 18.2 Å². The summed E-state index contributed by atoms with van der Waals surface area (Å²) in [6.45, 7) is 2.02. The Kier molecular flexibility index (Phi) is 5.41. The monoisotopic (exact) mass is 283 g/mol. The second-order valence-corrected chi connectivity index (χ2v) is 4.34. The van der Waals surface area contributed by atoms with Gasteiger partial charge in [-0.15, -0.1) is 0 Å². The number of nitrogens with one attached hydrogen (secondary N) is 1. The molecule has 0 amide bonds. The first-order chi connectivity index (χ1) is 8.36. The maximum absolute atomic E-state index is 13.1. The van der Waals surface area contributed by atoms with E-state index in [2.05, 4.69) is 5.32 Å². The van der Waals surface area contributed by atoms with Gasteiger partial charge in [-0.05, 0) is 31.0 Å². The highest BCUT2D eigenvalue weighted by Crippen LogP contribution is 2.27. The molecule has 0 aliphatic rings. The Balaban J connectivity index is 2.86. The molecule has 0 aromatic heterocycles. The molecule has 0 spiro atoms. The Morgan fingerprint density at radius 1 is 1.33 bits per heavy atom. The van der Waals surface area contributed by atoms with Crippen molar-refractivity contribution in [3.8, 4) is 0 Å². The van der Waals surface area contributed by atoms with Crippen molar-refractivity contribution in [2.24, 2.45) is 0 Å². The summed E-state index contributed by atoms with van der Waals surface area (Å²) >= 11 is 5.65. The fourth-order valence-corrected chi connectivity index (χ4v) is 1.75. The summed E-state index contributed by atoms with van der Waals surface area (Å²) in [5.41, 5.74) is 0.155. The highest BCUT2D eigenvalue weighted by molar-refractivity contribution is 6.31. The zero-order valence-electron chi connectivity index (χ0n) is 9.82. The molecule has 1 aromatic carbocycles. The van der Waals surface area contributed by atoms with Gasteiger partial charge in [0, 0.05) is 0 Å². The Morgan fingerprint density at radius 2 is 2.00 bits per heavy atom. The summed E-state index contributed by atoms with van der Waals surface area (Å²) in [4.78, 5) is 0. The molecule has 0 aliphatic heterocycles. The lowest BCUT2D eigenvalue weighted by Gasteiger charge is -2.22. The van der Waals surface area contributed by atoms with Crippen LogP contribution in [0.2, 0.25) is 5.02 Å². The van der Waals surface area contributed by atoms with Crippen LogP contribution in [0.5, 0.6) is 0 Å². The predicted molar refractivity (Wildman–Crippen MR) is 63.3 cm³/mol. The number of benzene rings is 1. The maximum atomic E-state index is 13.1. The number of hydrogen-bond acceptors (Lipinski definition) is 1. The largest absolute Gasteiger partial charge is 0.404 e. The lowest BCUT2D eigenvalue weighted by Crippen LogP contribution is -2.44. The Bertz CT molecular complexity index is 392. The average molecular weight is 284 g/mol. The van der Waals surface area contributed by atoms with Gasteiger partial charge in [-0.3, -0.25) is 0 Å². The van der Waals surface area contributed by atoms with Gasteiger partial charge in [-0.2, -0.15) is 13.2 Å². The fraction of sp³-hybridized carbons (Fsp3) is 0.500. The molecule has 0 heterocycles. The van der Waals surface area contributed by atoms with Gasteiger partial charge < -0.3 is 5.32 Å². The minimum absolute atomic E-state index is 0.155.